The first kappa shape index (κ1) is 18.0. The zero-order valence-electron chi connectivity index (χ0n) is 14.5. The van der Waals surface area contributed by atoms with E-state index in [1.165, 1.54) is 18.7 Å². The highest BCUT2D eigenvalue weighted by atomic mass is 35.5. The van der Waals surface area contributed by atoms with Crippen LogP contribution in [0.4, 0.5) is 5.82 Å². The Morgan fingerprint density at radius 1 is 1.38 bits per heavy atom. The summed E-state index contributed by atoms with van der Waals surface area (Å²) < 4.78 is 20.2. The first-order valence-electron chi connectivity index (χ1n) is 8.19. The summed E-state index contributed by atoms with van der Waals surface area (Å²) >= 11 is 7.19. The van der Waals surface area contributed by atoms with Crippen LogP contribution in [0.15, 0.2) is 12.3 Å². The number of ether oxygens (including phenoxy) is 3. The molecule has 0 radical (unpaired) electrons. The predicted octanol–water partition coefficient (Wildman–Crippen LogP) is 2.36. The number of nitrogens with zero attached hydrogens (tertiary/aromatic N) is 3. The quantitative estimate of drug-likeness (QED) is 0.786. The molecule has 0 aromatic carbocycles. The number of aromatic nitrogens is 3. The molecule has 4 atom stereocenters. The lowest BCUT2D eigenvalue weighted by Crippen LogP contribution is -2.31. The van der Waals surface area contributed by atoms with Gasteiger partial charge in [-0.15, -0.1) is 0 Å². The number of carbonyl (C=O) groups excluding carboxylic acids is 1. The van der Waals surface area contributed by atoms with Gasteiger partial charge in [0.1, 0.15) is 23.7 Å². The topological polar surface area (TPSA) is 101 Å². The van der Waals surface area contributed by atoms with Gasteiger partial charge in [0.25, 0.3) is 0 Å². The Labute approximate surface area is 159 Å². The zero-order chi connectivity index (χ0) is 18.6. The second-order valence-electron chi connectivity index (χ2n) is 6.77. The fourth-order valence-corrected chi connectivity index (χ4v) is 4.29. The van der Waals surface area contributed by atoms with Crippen LogP contribution in [-0.2, 0) is 19.0 Å². The maximum atomic E-state index is 11.4. The summed E-state index contributed by atoms with van der Waals surface area (Å²) in [5.74, 6) is 0.0650. The molecule has 2 N–H and O–H groups in total. The molecule has 10 heteroatoms. The average Bonchev–Trinajstić information content (AvgIpc) is 3.16. The molecule has 2 saturated heterocycles. The smallest absolute Gasteiger partial charge is 0.226 e. The molecule has 2 fully saturated rings. The van der Waals surface area contributed by atoms with Gasteiger partial charge in [0.15, 0.2) is 17.1 Å². The van der Waals surface area contributed by atoms with Crippen LogP contribution in [0.1, 0.15) is 27.0 Å². The Kier molecular flexibility index (Phi) is 4.39. The van der Waals surface area contributed by atoms with Gasteiger partial charge < -0.3 is 24.5 Å². The molecule has 2 aromatic heterocycles. The van der Waals surface area contributed by atoms with Gasteiger partial charge in [0.05, 0.1) is 11.5 Å². The van der Waals surface area contributed by atoms with Gasteiger partial charge in [0, 0.05) is 18.9 Å². The van der Waals surface area contributed by atoms with Gasteiger partial charge in [-0.3, -0.25) is 4.79 Å². The Morgan fingerprint density at radius 2 is 2.12 bits per heavy atom. The highest BCUT2D eigenvalue weighted by Gasteiger charge is 2.56. The average molecular weight is 399 g/mol. The summed E-state index contributed by atoms with van der Waals surface area (Å²) in [4.78, 5) is 19.6. The molecule has 4 heterocycles. The fourth-order valence-electron chi connectivity index (χ4n) is 3.45. The van der Waals surface area contributed by atoms with E-state index in [0.29, 0.717) is 22.6 Å². The van der Waals surface area contributed by atoms with E-state index in [4.69, 9.17) is 31.5 Å². The van der Waals surface area contributed by atoms with Gasteiger partial charge in [-0.25, -0.2) is 4.98 Å². The largest absolute Gasteiger partial charge is 0.383 e. The number of hydrogen-bond acceptors (Lipinski definition) is 8. The molecule has 0 saturated carbocycles. The number of fused-ring (bicyclic) bond motifs is 2. The number of thioether (sulfide) groups is 1. The van der Waals surface area contributed by atoms with Gasteiger partial charge in [-0.2, -0.15) is 4.98 Å². The van der Waals surface area contributed by atoms with Crippen LogP contribution in [-0.4, -0.2) is 49.5 Å². The Hall–Kier alpha value is -1.39. The van der Waals surface area contributed by atoms with Crippen LogP contribution >= 0.6 is 23.4 Å². The summed E-state index contributed by atoms with van der Waals surface area (Å²) in [5, 5.41) is 0.789. The minimum absolute atomic E-state index is 0.0329. The van der Waals surface area contributed by atoms with Crippen molar-refractivity contribution in [1.29, 1.82) is 0 Å². The van der Waals surface area contributed by atoms with Crippen molar-refractivity contribution in [3.05, 3.63) is 17.5 Å². The van der Waals surface area contributed by atoms with Crippen LogP contribution in [0.2, 0.25) is 5.28 Å². The summed E-state index contributed by atoms with van der Waals surface area (Å²) in [6, 6.07) is 1.82. The van der Waals surface area contributed by atoms with Crippen molar-refractivity contribution in [2.75, 3.05) is 11.5 Å². The van der Waals surface area contributed by atoms with Crippen molar-refractivity contribution in [3.8, 4) is 0 Å². The number of rotatable bonds is 3. The first-order valence-corrected chi connectivity index (χ1v) is 9.55. The van der Waals surface area contributed by atoms with Crippen LogP contribution in [0.25, 0.3) is 11.0 Å². The van der Waals surface area contributed by atoms with Crippen molar-refractivity contribution < 1.29 is 19.0 Å². The third-order valence-corrected chi connectivity index (χ3v) is 5.50. The molecule has 140 valence electrons. The van der Waals surface area contributed by atoms with Crippen molar-refractivity contribution >= 4 is 45.3 Å². The van der Waals surface area contributed by atoms with Gasteiger partial charge >= 0.3 is 0 Å². The monoisotopic (exact) mass is 398 g/mol. The van der Waals surface area contributed by atoms with Crippen molar-refractivity contribution in [3.63, 3.8) is 0 Å². The van der Waals surface area contributed by atoms with Crippen LogP contribution in [0.5, 0.6) is 0 Å². The number of nitrogen functional groups attached to an aromatic ring is 1. The molecule has 2 aliphatic rings. The molecule has 26 heavy (non-hydrogen) atoms. The van der Waals surface area contributed by atoms with Crippen LogP contribution < -0.4 is 5.73 Å². The summed E-state index contributed by atoms with van der Waals surface area (Å²) in [7, 11) is 0. The lowest BCUT2D eigenvalue weighted by molar-refractivity contribution is -0.193. The van der Waals surface area contributed by atoms with E-state index in [-0.39, 0.29) is 28.7 Å². The molecule has 2 aromatic rings. The van der Waals surface area contributed by atoms with E-state index in [9.17, 15) is 4.79 Å². The van der Waals surface area contributed by atoms with Crippen molar-refractivity contribution in [1.82, 2.24) is 14.5 Å². The van der Waals surface area contributed by atoms with Crippen molar-refractivity contribution in [2.45, 2.75) is 51.1 Å². The summed E-state index contributed by atoms with van der Waals surface area (Å²) in [6.07, 6.45) is 0.445. The van der Waals surface area contributed by atoms with Gasteiger partial charge in [-0.1, -0.05) is 11.8 Å². The third kappa shape index (κ3) is 3.07. The Morgan fingerprint density at radius 3 is 2.85 bits per heavy atom. The minimum Gasteiger partial charge on any atom is -0.383 e. The van der Waals surface area contributed by atoms with Crippen LogP contribution in [0.3, 0.4) is 0 Å². The Bertz CT molecular complexity index is 873. The third-order valence-electron chi connectivity index (χ3n) is 4.42. The highest BCUT2D eigenvalue weighted by Crippen LogP contribution is 2.44. The molecular formula is C16H19ClN4O4S. The molecule has 0 spiro atoms. The number of carbonyl (C=O) groups is 1. The van der Waals surface area contributed by atoms with E-state index >= 15 is 0 Å². The number of hydrogen-bond donors (Lipinski definition) is 1. The number of nitrogens with two attached hydrogens (primary N) is 1. The lowest BCUT2D eigenvalue weighted by atomic mass is 10.1. The molecule has 0 bridgehead atoms. The standard InChI is InChI=1S/C16H19ClN4O4S/c1-7(22)26-6-9-10-11(25-16(2,3)24-10)14(23-9)21-5-4-8-12(18)19-15(17)20-13(8)21/h4-5,9-11,14H,6H2,1-3H3,(H2,18,19,20)/t9-,10-,11-,14-/m1/s1. The highest BCUT2D eigenvalue weighted by molar-refractivity contribution is 8.13. The second-order valence-corrected chi connectivity index (χ2v) is 8.31. The molecule has 8 nitrogen and oxygen atoms in total. The second kappa shape index (κ2) is 6.35. The van der Waals surface area contributed by atoms with E-state index in [1.807, 2.05) is 30.7 Å². The normalized spacial score (nSPS) is 30.0. The fraction of sp³-hybridized carbons (Fsp3) is 0.562. The summed E-state index contributed by atoms with van der Waals surface area (Å²) in [5.41, 5.74) is 6.51. The number of anilines is 1. The van der Waals surface area contributed by atoms with E-state index < -0.39 is 12.0 Å². The molecule has 0 unspecified atom stereocenters. The van der Waals surface area contributed by atoms with E-state index in [0.717, 1.165) is 0 Å². The maximum Gasteiger partial charge on any atom is 0.226 e. The Balaban J connectivity index is 1.71. The molecule has 0 aliphatic carbocycles. The zero-order valence-corrected chi connectivity index (χ0v) is 16.1. The number of halogens is 1. The SMILES string of the molecule is CC(=O)SC[C@H]1O[C@@H](n2ccc3c(N)nc(Cl)nc32)[C@@H]2OC(C)(C)O[C@@H]21. The predicted molar refractivity (Wildman–Crippen MR) is 97.8 cm³/mol. The van der Waals surface area contributed by atoms with Gasteiger partial charge in [-0.05, 0) is 31.5 Å². The van der Waals surface area contributed by atoms with Gasteiger partial charge in [0.2, 0.25) is 5.28 Å². The maximum absolute atomic E-state index is 11.4. The molecule has 0 amide bonds. The summed E-state index contributed by atoms with van der Waals surface area (Å²) in [6.45, 7) is 5.26. The molecule has 2 aliphatic heterocycles. The van der Waals surface area contributed by atoms with E-state index in [2.05, 4.69) is 9.97 Å². The minimum atomic E-state index is -0.731. The first-order chi connectivity index (χ1) is 12.2. The lowest BCUT2D eigenvalue weighted by Gasteiger charge is -2.24. The molecular weight excluding hydrogens is 380 g/mol. The van der Waals surface area contributed by atoms with E-state index in [1.54, 1.807) is 0 Å². The van der Waals surface area contributed by atoms with Crippen molar-refractivity contribution in [2.24, 2.45) is 0 Å². The molecule has 4 rings (SSSR count). The van der Waals surface area contributed by atoms with Crippen LogP contribution in [0, 0.1) is 0 Å².